The summed E-state index contributed by atoms with van der Waals surface area (Å²) in [4.78, 5) is 47.0. The lowest BCUT2D eigenvalue weighted by molar-refractivity contribution is -0.129. The van der Waals surface area contributed by atoms with E-state index in [1.165, 1.54) is 0 Å². The summed E-state index contributed by atoms with van der Waals surface area (Å²) in [6.45, 7) is 6.98. The Morgan fingerprint density at radius 3 is 2.64 bits per heavy atom. The number of aromatic nitrogens is 1. The molecule has 0 aromatic carbocycles. The minimum Gasteiger partial charge on any atom is -0.346 e. The van der Waals surface area contributed by atoms with Crippen LogP contribution in [0.5, 0.6) is 0 Å². The Bertz CT molecular complexity index is 732. The Labute approximate surface area is 166 Å². The lowest BCUT2D eigenvalue weighted by Gasteiger charge is -2.33. The molecule has 0 bridgehead atoms. The fourth-order valence-electron chi connectivity index (χ4n) is 3.83. The second-order valence-electron chi connectivity index (χ2n) is 8.30. The minimum atomic E-state index is -0.0736. The molecule has 1 aromatic heterocycles. The number of carbonyl (C=O) groups is 3. The van der Waals surface area contributed by atoms with Crippen molar-refractivity contribution in [1.82, 2.24) is 14.8 Å². The summed E-state index contributed by atoms with van der Waals surface area (Å²) < 4.78 is 0. The molecule has 0 radical (unpaired) electrons. The molecule has 0 N–H and O–H groups in total. The summed E-state index contributed by atoms with van der Waals surface area (Å²) in [5, 5.41) is 0. The molecular weight excluding hydrogens is 356 g/mol. The van der Waals surface area contributed by atoms with E-state index < -0.39 is 0 Å². The first kappa shape index (κ1) is 20.3. The van der Waals surface area contributed by atoms with E-state index in [0.29, 0.717) is 49.9 Å². The van der Waals surface area contributed by atoms with Crippen molar-refractivity contribution in [2.24, 2.45) is 11.8 Å². The van der Waals surface area contributed by atoms with Crippen molar-refractivity contribution in [1.29, 1.82) is 0 Å². The van der Waals surface area contributed by atoms with Gasteiger partial charge in [0.15, 0.2) is 0 Å². The van der Waals surface area contributed by atoms with Crippen molar-refractivity contribution < 1.29 is 14.4 Å². The van der Waals surface area contributed by atoms with Crippen LogP contribution in [0, 0.1) is 11.8 Å². The zero-order chi connectivity index (χ0) is 20.3. The van der Waals surface area contributed by atoms with Crippen LogP contribution in [0.2, 0.25) is 0 Å². The van der Waals surface area contributed by atoms with Gasteiger partial charge in [0.2, 0.25) is 5.91 Å². The van der Waals surface area contributed by atoms with Gasteiger partial charge in [0, 0.05) is 51.8 Å². The Balaban J connectivity index is 1.62. The number of carbonyl (C=O) groups excluding carboxylic acids is 3. The lowest BCUT2D eigenvalue weighted by Crippen LogP contribution is -2.48. The summed E-state index contributed by atoms with van der Waals surface area (Å²) in [5.41, 5.74) is 0.529. The summed E-state index contributed by atoms with van der Waals surface area (Å²) in [5.74, 6) is 1.26. The number of anilines is 1. The molecule has 2 saturated heterocycles. The van der Waals surface area contributed by atoms with E-state index >= 15 is 0 Å². The molecule has 2 aliphatic heterocycles. The van der Waals surface area contributed by atoms with Crippen LogP contribution >= 0.6 is 0 Å². The first-order valence-electron chi connectivity index (χ1n) is 10.1. The zero-order valence-electron chi connectivity index (χ0n) is 17.1. The van der Waals surface area contributed by atoms with Crippen molar-refractivity contribution in [3.05, 3.63) is 23.9 Å². The summed E-state index contributed by atoms with van der Waals surface area (Å²) >= 11 is 0. The number of nitrogens with zero attached hydrogens (tertiary/aromatic N) is 4. The SMILES string of the molecule is CC(C)CC(=O)[C@H]1CCCN(C(=O)c2ccc(N3CCN(C)C(=O)C3)nc2)C1. The Kier molecular flexibility index (Phi) is 6.31. The maximum atomic E-state index is 12.9. The second kappa shape index (κ2) is 8.71. The number of hydrogen-bond donors (Lipinski definition) is 0. The van der Waals surface area contributed by atoms with E-state index in [0.717, 1.165) is 19.4 Å². The van der Waals surface area contributed by atoms with E-state index in [2.05, 4.69) is 4.98 Å². The highest BCUT2D eigenvalue weighted by molar-refractivity contribution is 5.94. The van der Waals surface area contributed by atoms with Gasteiger partial charge in [0.05, 0.1) is 12.1 Å². The van der Waals surface area contributed by atoms with E-state index in [1.807, 2.05) is 18.7 Å². The number of likely N-dealkylation sites (N-methyl/N-ethyl adjacent to an activating group) is 1. The van der Waals surface area contributed by atoms with Crippen LogP contribution in [0.4, 0.5) is 5.82 Å². The lowest BCUT2D eigenvalue weighted by atomic mass is 9.89. The first-order chi connectivity index (χ1) is 13.3. The van der Waals surface area contributed by atoms with Crippen LogP contribution in [0.25, 0.3) is 0 Å². The standard InChI is InChI=1S/C21H30N4O3/c1-15(2)11-18(26)17-5-4-8-25(13-17)21(28)16-6-7-19(22-12-16)24-10-9-23(3)20(27)14-24/h6-7,12,15,17H,4-5,8-11,13-14H2,1-3H3/t17-/m0/s1. The highest BCUT2D eigenvalue weighted by Gasteiger charge is 2.29. The molecule has 2 amide bonds. The first-order valence-corrected chi connectivity index (χ1v) is 10.1. The number of pyridine rings is 1. The number of rotatable bonds is 5. The van der Waals surface area contributed by atoms with E-state index in [1.54, 1.807) is 35.2 Å². The van der Waals surface area contributed by atoms with Crippen LogP contribution in [0.1, 0.15) is 43.5 Å². The molecule has 28 heavy (non-hydrogen) atoms. The minimum absolute atomic E-state index is 0.0521. The van der Waals surface area contributed by atoms with Gasteiger partial charge in [-0.25, -0.2) is 4.98 Å². The van der Waals surface area contributed by atoms with Gasteiger partial charge in [0.1, 0.15) is 11.6 Å². The van der Waals surface area contributed by atoms with Crippen molar-refractivity contribution in [3.8, 4) is 0 Å². The van der Waals surface area contributed by atoms with Gasteiger partial charge in [-0.15, -0.1) is 0 Å². The largest absolute Gasteiger partial charge is 0.346 e. The Hall–Kier alpha value is -2.44. The molecule has 7 heteroatoms. The smallest absolute Gasteiger partial charge is 0.255 e. The van der Waals surface area contributed by atoms with Crippen molar-refractivity contribution in [2.45, 2.75) is 33.1 Å². The molecule has 7 nitrogen and oxygen atoms in total. The van der Waals surface area contributed by atoms with Crippen LogP contribution in [-0.2, 0) is 9.59 Å². The number of likely N-dealkylation sites (tertiary alicyclic amines) is 1. The summed E-state index contributed by atoms with van der Waals surface area (Å²) in [7, 11) is 1.80. The highest BCUT2D eigenvalue weighted by Crippen LogP contribution is 2.22. The molecule has 3 heterocycles. The zero-order valence-corrected chi connectivity index (χ0v) is 17.1. The van der Waals surface area contributed by atoms with E-state index in [4.69, 9.17) is 0 Å². The van der Waals surface area contributed by atoms with Gasteiger partial charge in [0.25, 0.3) is 5.91 Å². The average molecular weight is 386 g/mol. The van der Waals surface area contributed by atoms with Crippen molar-refractivity contribution in [3.63, 3.8) is 0 Å². The van der Waals surface area contributed by atoms with Gasteiger partial charge < -0.3 is 14.7 Å². The molecule has 1 aromatic rings. The summed E-state index contributed by atoms with van der Waals surface area (Å²) in [6, 6.07) is 3.57. The molecule has 2 aliphatic rings. The predicted octanol–water partition coefficient (Wildman–Crippen LogP) is 1.83. The quantitative estimate of drug-likeness (QED) is 0.772. The molecule has 0 spiro atoms. The average Bonchev–Trinajstić information content (AvgIpc) is 2.69. The van der Waals surface area contributed by atoms with Crippen LogP contribution in [-0.4, -0.2) is 72.2 Å². The van der Waals surface area contributed by atoms with Crippen LogP contribution in [0.15, 0.2) is 18.3 Å². The molecule has 1 atom stereocenters. The molecule has 0 saturated carbocycles. The topological polar surface area (TPSA) is 73.8 Å². The molecule has 152 valence electrons. The number of ketones is 1. The van der Waals surface area contributed by atoms with Gasteiger partial charge in [-0.2, -0.15) is 0 Å². The van der Waals surface area contributed by atoms with Gasteiger partial charge in [-0.1, -0.05) is 13.8 Å². The second-order valence-corrected chi connectivity index (χ2v) is 8.30. The molecule has 3 rings (SSSR count). The third-order valence-electron chi connectivity index (χ3n) is 5.55. The number of Topliss-reactive ketones (excluding diaryl/α,β-unsaturated/α-hetero) is 1. The number of hydrogen-bond acceptors (Lipinski definition) is 5. The van der Waals surface area contributed by atoms with Gasteiger partial charge in [-0.3, -0.25) is 14.4 Å². The number of piperazine rings is 1. The summed E-state index contributed by atoms with van der Waals surface area (Å²) in [6.07, 6.45) is 3.88. The highest BCUT2D eigenvalue weighted by atomic mass is 16.2. The Morgan fingerprint density at radius 2 is 2.00 bits per heavy atom. The predicted molar refractivity (Wildman–Crippen MR) is 107 cm³/mol. The maximum Gasteiger partial charge on any atom is 0.255 e. The van der Waals surface area contributed by atoms with Crippen LogP contribution < -0.4 is 4.90 Å². The number of piperidine rings is 1. The van der Waals surface area contributed by atoms with Gasteiger partial charge >= 0.3 is 0 Å². The maximum absolute atomic E-state index is 12.9. The van der Waals surface area contributed by atoms with Crippen LogP contribution in [0.3, 0.4) is 0 Å². The molecule has 2 fully saturated rings. The third-order valence-corrected chi connectivity index (χ3v) is 5.55. The van der Waals surface area contributed by atoms with Crippen molar-refractivity contribution >= 4 is 23.4 Å². The molecule has 0 unspecified atom stereocenters. The fourth-order valence-corrected chi connectivity index (χ4v) is 3.83. The molecule has 0 aliphatic carbocycles. The van der Waals surface area contributed by atoms with Crippen molar-refractivity contribution in [2.75, 3.05) is 44.7 Å². The fraction of sp³-hybridized carbons (Fsp3) is 0.619. The normalized spacial score (nSPS) is 20.6. The molecular formula is C21H30N4O3. The Morgan fingerprint density at radius 1 is 1.21 bits per heavy atom. The number of amides is 2. The monoisotopic (exact) mass is 386 g/mol. The van der Waals surface area contributed by atoms with Gasteiger partial charge in [-0.05, 0) is 30.9 Å². The third kappa shape index (κ3) is 4.69. The van der Waals surface area contributed by atoms with E-state index in [9.17, 15) is 14.4 Å². The van der Waals surface area contributed by atoms with E-state index in [-0.39, 0.29) is 23.5 Å².